The van der Waals surface area contributed by atoms with E-state index in [-0.39, 0.29) is 0 Å². The predicted molar refractivity (Wildman–Crippen MR) is 64.2 cm³/mol. The van der Waals surface area contributed by atoms with Crippen LogP contribution in [0.2, 0.25) is 0 Å². The molecule has 14 heavy (non-hydrogen) atoms. The molecule has 0 radical (unpaired) electrons. The van der Waals surface area contributed by atoms with E-state index < -0.39 is 0 Å². The number of hydrogen-bond acceptors (Lipinski definition) is 3. The van der Waals surface area contributed by atoms with Crippen molar-refractivity contribution >= 4 is 27.3 Å². The average molecular weight is 275 g/mol. The van der Waals surface area contributed by atoms with Crippen molar-refractivity contribution in [2.75, 3.05) is 0 Å². The number of halogens is 1. The molecule has 1 saturated carbocycles. The lowest BCUT2D eigenvalue weighted by atomic mass is 9.96. The van der Waals surface area contributed by atoms with Gasteiger partial charge < -0.3 is 0 Å². The Morgan fingerprint density at radius 3 is 2.79 bits per heavy atom. The summed E-state index contributed by atoms with van der Waals surface area (Å²) < 4.78 is 1.20. The van der Waals surface area contributed by atoms with E-state index in [1.165, 1.54) is 21.5 Å². The first-order valence-electron chi connectivity index (χ1n) is 4.84. The quantitative estimate of drug-likeness (QED) is 0.655. The van der Waals surface area contributed by atoms with Crippen molar-refractivity contribution in [3.8, 4) is 0 Å². The van der Waals surface area contributed by atoms with Crippen LogP contribution in [-0.2, 0) is 6.42 Å². The summed E-state index contributed by atoms with van der Waals surface area (Å²) in [7, 11) is 0. The van der Waals surface area contributed by atoms with E-state index in [0.717, 1.165) is 6.42 Å². The van der Waals surface area contributed by atoms with Gasteiger partial charge in [0.05, 0.1) is 3.79 Å². The van der Waals surface area contributed by atoms with Gasteiger partial charge in [0, 0.05) is 10.9 Å². The molecule has 0 amide bonds. The smallest absolute Gasteiger partial charge is 0.0701 e. The Balaban J connectivity index is 2.01. The highest BCUT2D eigenvalue weighted by Crippen LogP contribution is 2.49. The average Bonchev–Trinajstić information content (AvgIpc) is 2.76. The molecule has 3 N–H and O–H groups in total. The number of nitrogens with one attached hydrogen (secondary N) is 1. The summed E-state index contributed by atoms with van der Waals surface area (Å²) >= 11 is 5.27. The molecule has 1 atom stereocenters. The van der Waals surface area contributed by atoms with E-state index in [2.05, 4.69) is 40.4 Å². The van der Waals surface area contributed by atoms with Crippen LogP contribution in [0.1, 0.15) is 24.6 Å². The molecular formula is C10H15BrN2S. The fourth-order valence-electron chi connectivity index (χ4n) is 1.71. The second-order valence-corrected chi connectivity index (χ2v) is 6.83. The van der Waals surface area contributed by atoms with Crippen LogP contribution in [0, 0.1) is 5.41 Å². The molecule has 0 spiro atoms. The molecule has 4 heteroatoms. The van der Waals surface area contributed by atoms with Gasteiger partial charge in [-0.15, -0.1) is 11.3 Å². The molecule has 1 aromatic rings. The maximum atomic E-state index is 5.60. The van der Waals surface area contributed by atoms with Crippen molar-refractivity contribution in [1.29, 1.82) is 0 Å². The lowest BCUT2D eigenvalue weighted by Crippen LogP contribution is -2.42. The van der Waals surface area contributed by atoms with Gasteiger partial charge in [-0.3, -0.25) is 11.3 Å². The summed E-state index contributed by atoms with van der Waals surface area (Å²) in [6.45, 7) is 2.31. The minimum Gasteiger partial charge on any atom is -0.271 e. The van der Waals surface area contributed by atoms with E-state index >= 15 is 0 Å². The molecule has 1 aliphatic carbocycles. The van der Waals surface area contributed by atoms with E-state index in [9.17, 15) is 0 Å². The lowest BCUT2D eigenvalue weighted by Gasteiger charge is -2.21. The maximum absolute atomic E-state index is 5.60. The molecule has 1 heterocycles. The Labute approximate surface area is 97.0 Å². The van der Waals surface area contributed by atoms with Crippen LogP contribution >= 0.6 is 27.3 Å². The van der Waals surface area contributed by atoms with Gasteiger partial charge in [-0.1, -0.05) is 6.92 Å². The third-order valence-electron chi connectivity index (χ3n) is 3.12. The zero-order valence-electron chi connectivity index (χ0n) is 8.22. The Morgan fingerprint density at radius 1 is 1.64 bits per heavy atom. The number of hydrazine groups is 1. The van der Waals surface area contributed by atoms with Crippen molar-refractivity contribution in [3.63, 3.8) is 0 Å². The van der Waals surface area contributed by atoms with Crippen LogP contribution < -0.4 is 11.3 Å². The van der Waals surface area contributed by atoms with Crippen LogP contribution in [0.5, 0.6) is 0 Å². The summed E-state index contributed by atoms with van der Waals surface area (Å²) in [5.74, 6) is 5.60. The Bertz CT molecular complexity index is 320. The van der Waals surface area contributed by atoms with Gasteiger partial charge in [0.15, 0.2) is 0 Å². The summed E-state index contributed by atoms with van der Waals surface area (Å²) in [5, 5.41) is 0. The van der Waals surface area contributed by atoms with E-state index in [1.807, 2.05) is 0 Å². The molecule has 0 aromatic carbocycles. The van der Waals surface area contributed by atoms with Crippen molar-refractivity contribution in [3.05, 3.63) is 20.8 Å². The topological polar surface area (TPSA) is 38.0 Å². The molecule has 1 aliphatic rings. The van der Waals surface area contributed by atoms with Gasteiger partial charge in [0.2, 0.25) is 0 Å². The van der Waals surface area contributed by atoms with Crippen molar-refractivity contribution in [1.82, 2.24) is 5.43 Å². The first-order valence-corrected chi connectivity index (χ1v) is 6.45. The molecule has 0 bridgehead atoms. The second-order valence-electron chi connectivity index (χ2n) is 4.28. The highest BCUT2D eigenvalue weighted by atomic mass is 79.9. The Hall–Kier alpha value is 0.1000. The minimum atomic E-state index is 0.424. The monoisotopic (exact) mass is 274 g/mol. The Kier molecular flexibility index (Phi) is 2.98. The highest BCUT2D eigenvalue weighted by molar-refractivity contribution is 9.11. The fourth-order valence-corrected chi connectivity index (χ4v) is 3.24. The van der Waals surface area contributed by atoms with Crippen LogP contribution in [0.15, 0.2) is 15.9 Å². The van der Waals surface area contributed by atoms with Crippen LogP contribution in [-0.4, -0.2) is 6.04 Å². The molecule has 2 nitrogen and oxygen atoms in total. The third-order valence-corrected chi connectivity index (χ3v) is 4.76. The van der Waals surface area contributed by atoms with Gasteiger partial charge in [-0.05, 0) is 52.7 Å². The second kappa shape index (κ2) is 3.93. The summed E-state index contributed by atoms with van der Waals surface area (Å²) in [4.78, 5) is 1.40. The fraction of sp³-hybridized carbons (Fsp3) is 0.600. The zero-order chi connectivity index (χ0) is 10.2. The number of thiophene rings is 1. The van der Waals surface area contributed by atoms with Crippen LogP contribution in [0.25, 0.3) is 0 Å². The van der Waals surface area contributed by atoms with E-state index in [1.54, 1.807) is 11.3 Å². The molecule has 1 fully saturated rings. The SMILES string of the molecule is CC1(C(Cc2ccc(Br)s2)NN)CC1. The molecule has 1 aromatic heterocycles. The number of hydrogen-bond donors (Lipinski definition) is 2. The zero-order valence-corrected chi connectivity index (χ0v) is 10.6. The molecule has 2 rings (SSSR count). The van der Waals surface area contributed by atoms with Crippen LogP contribution in [0.4, 0.5) is 0 Å². The number of rotatable bonds is 4. The summed E-state index contributed by atoms with van der Waals surface area (Å²) in [6, 6.07) is 4.70. The van der Waals surface area contributed by atoms with Crippen molar-refractivity contribution < 1.29 is 0 Å². The first-order chi connectivity index (χ1) is 6.64. The van der Waals surface area contributed by atoms with Gasteiger partial charge >= 0.3 is 0 Å². The van der Waals surface area contributed by atoms with Gasteiger partial charge in [0.25, 0.3) is 0 Å². The maximum Gasteiger partial charge on any atom is 0.0701 e. The summed E-state index contributed by atoms with van der Waals surface area (Å²) in [5.41, 5.74) is 3.39. The highest BCUT2D eigenvalue weighted by Gasteiger charge is 2.44. The van der Waals surface area contributed by atoms with Gasteiger partial charge in [-0.2, -0.15) is 0 Å². The molecular weight excluding hydrogens is 260 g/mol. The van der Waals surface area contributed by atoms with Gasteiger partial charge in [-0.25, -0.2) is 0 Å². The number of nitrogens with two attached hydrogens (primary N) is 1. The molecule has 78 valence electrons. The van der Waals surface area contributed by atoms with E-state index in [4.69, 9.17) is 5.84 Å². The van der Waals surface area contributed by atoms with E-state index in [0.29, 0.717) is 11.5 Å². The normalized spacial score (nSPS) is 20.8. The first kappa shape index (κ1) is 10.6. The third kappa shape index (κ3) is 2.19. The predicted octanol–water partition coefficient (Wildman–Crippen LogP) is 2.69. The standard InChI is InChI=1S/C10H15BrN2S/c1-10(4-5-10)8(13-12)6-7-2-3-9(11)14-7/h2-3,8,13H,4-6,12H2,1H3. The Morgan fingerprint density at radius 2 is 2.36 bits per heavy atom. The molecule has 1 unspecified atom stereocenters. The largest absolute Gasteiger partial charge is 0.271 e. The summed E-state index contributed by atoms with van der Waals surface area (Å²) in [6.07, 6.45) is 3.64. The van der Waals surface area contributed by atoms with Gasteiger partial charge in [0.1, 0.15) is 0 Å². The lowest BCUT2D eigenvalue weighted by molar-refractivity contribution is 0.361. The van der Waals surface area contributed by atoms with Crippen molar-refractivity contribution in [2.24, 2.45) is 11.3 Å². The van der Waals surface area contributed by atoms with Crippen molar-refractivity contribution in [2.45, 2.75) is 32.2 Å². The van der Waals surface area contributed by atoms with Crippen LogP contribution in [0.3, 0.4) is 0 Å². The molecule has 0 aliphatic heterocycles. The minimum absolute atomic E-state index is 0.424. The molecule has 0 saturated heterocycles.